The van der Waals surface area contributed by atoms with Gasteiger partial charge in [0.1, 0.15) is 4.88 Å². The number of hydrogen-bond acceptors (Lipinski definition) is 4. The summed E-state index contributed by atoms with van der Waals surface area (Å²) in [6, 6.07) is 1.49. The lowest BCUT2D eigenvalue weighted by molar-refractivity contribution is -0.105. The molecule has 0 saturated heterocycles. The lowest BCUT2D eigenvalue weighted by Crippen LogP contribution is -2.03. The van der Waals surface area contributed by atoms with Crippen LogP contribution in [0.2, 0.25) is 4.34 Å². The Morgan fingerprint density at radius 3 is 3.00 bits per heavy atom. The number of carbonyl (C=O) groups is 2. The van der Waals surface area contributed by atoms with Gasteiger partial charge in [0.05, 0.1) is 17.1 Å². The summed E-state index contributed by atoms with van der Waals surface area (Å²) in [7, 11) is 1.26. The molecule has 0 saturated carbocycles. The molecule has 1 rings (SSSR count). The average molecular weight is 220 g/mol. The summed E-state index contributed by atoms with van der Waals surface area (Å²) in [5.41, 5.74) is 0.372. The quantitative estimate of drug-likeness (QED) is 0.623. The lowest BCUT2D eigenvalue weighted by Gasteiger charge is -1.98. The Morgan fingerprint density at radius 1 is 1.77 bits per heavy atom. The van der Waals surface area contributed by atoms with E-state index in [4.69, 9.17) is 11.6 Å². The second kappa shape index (κ2) is 4.25. The number of hydrogen-bond donors (Lipinski definition) is 1. The van der Waals surface area contributed by atoms with Gasteiger partial charge in [-0.25, -0.2) is 4.79 Å². The van der Waals surface area contributed by atoms with Crippen LogP contribution in [0.15, 0.2) is 6.07 Å². The van der Waals surface area contributed by atoms with Crippen LogP contribution in [-0.4, -0.2) is 19.5 Å². The molecule has 70 valence electrons. The zero-order chi connectivity index (χ0) is 9.84. The maximum absolute atomic E-state index is 11.1. The van der Waals surface area contributed by atoms with Crippen molar-refractivity contribution in [2.75, 3.05) is 12.4 Å². The highest BCUT2D eigenvalue weighted by Crippen LogP contribution is 2.30. The molecular weight excluding hydrogens is 214 g/mol. The third-order valence-electron chi connectivity index (χ3n) is 1.29. The normalized spacial score (nSPS) is 9.38. The van der Waals surface area contributed by atoms with E-state index in [-0.39, 0.29) is 0 Å². The van der Waals surface area contributed by atoms with Crippen LogP contribution in [0.1, 0.15) is 9.67 Å². The Hall–Kier alpha value is -1.07. The van der Waals surface area contributed by atoms with E-state index in [1.807, 2.05) is 0 Å². The third-order valence-corrected chi connectivity index (χ3v) is 2.53. The number of methoxy groups -OCH3 is 1. The first-order chi connectivity index (χ1) is 6.19. The van der Waals surface area contributed by atoms with Gasteiger partial charge in [-0.15, -0.1) is 11.3 Å². The van der Waals surface area contributed by atoms with E-state index >= 15 is 0 Å². The van der Waals surface area contributed by atoms with Gasteiger partial charge < -0.3 is 10.1 Å². The minimum absolute atomic E-state index is 0.291. The molecule has 1 amide bonds. The van der Waals surface area contributed by atoms with Crippen LogP contribution < -0.4 is 5.32 Å². The summed E-state index contributed by atoms with van der Waals surface area (Å²) in [6.45, 7) is 0. The van der Waals surface area contributed by atoms with Crippen molar-refractivity contribution in [2.45, 2.75) is 0 Å². The van der Waals surface area contributed by atoms with Crippen molar-refractivity contribution < 1.29 is 14.3 Å². The molecule has 1 aromatic rings. The molecule has 0 unspecified atom stereocenters. The fourth-order valence-electron chi connectivity index (χ4n) is 0.776. The van der Waals surface area contributed by atoms with E-state index in [1.54, 1.807) is 0 Å². The van der Waals surface area contributed by atoms with E-state index < -0.39 is 5.97 Å². The molecular formula is C7H6ClNO3S. The van der Waals surface area contributed by atoms with Gasteiger partial charge in [0, 0.05) is 0 Å². The van der Waals surface area contributed by atoms with Crippen molar-refractivity contribution >= 4 is 41.0 Å². The molecule has 0 aliphatic heterocycles. The first-order valence-corrected chi connectivity index (χ1v) is 4.46. The lowest BCUT2D eigenvalue weighted by atomic mass is 10.4. The number of nitrogens with one attached hydrogen (secondary N) is 1. The number of carbonyl (C=O) groups excluding carboxylic acids is 2. The SMILES string of the molecule is COC(=O)c1sc(Cl)cc1NC=O. The van der Waals surface area contributed by atoms with Crippen molar-refractivity contribution in [1.29, 1.82) is 0 Å². The molecule has 0 spiro atoms. The number of ether oxygens (including phenoxy) is 1. The smallest absolute Gasteiger partial charge is 0.350 e. The van der Waals surface area contributed by atoms with Gasteiger partial charge in [-0.2, -0.15) is 0 Å². The van der Waals surface area contributed by atoms with Crippen LogP contribution in [0, 0.1) is 0 Å². The maximum atomic E-state index is 11.1. The number of anilines is 1. The van der Waals surface area contributed by atoms with Crippen molar-refractivity contribution in [3.05, 3.63) is 15.3 Å². The summed E-state index contributed by atoms with van der Waals surface area (Å²) >= 11 is 6.71. The largest absolute Gasteiger partial charge is 0.465 e. The number of rotatable bonds is 3. The summed E-state index contributed by atoms with van der Waals surface area (Å²) in [6.07, 6.45) is 0.477. The molecule has 0 aliphatic carbocycles. The van der Waals surface area contributed by atoms with E-state index in [0.29, 0.717) is 21.3 Å². The zero-order valence-electron chi connectivity index (χ0n) is 6.67. The minimum atomic E-state index is -0.513. The molecule has 1 aromatic heterocycles. The topological polar surface area (TPSA) is 55.4 Å². The first-order valence-electron chi connectivity index (χ1n) is 3.27. The van der Waals surface area contributed by atoms with Crippen molar-refractivity contribution in [3.63, 3.8) is 0 Å². The molecule has 0 bridgehead atoms. The highest BCUT2D eigenvalue weighted by molar-refractivity contribution is 7.18. The Kier molecular flexibility index (Phi) is 3.27. The summed E-state index contributed by atoms with van der Waals surface area (Å²) in [4.78, 5) is 21.5. The molecule has 0 fully saturated rings. The predicted molar refractivity (Wildman–Crippen MR) is 50.4 cm³/mol. The molecule has 1 heterocycles. The molecule has 4 nitrogen and oxygen atoms in total. The van der Waals surface area contributed by atoms with Gasteiger partial charge in [0.25, 0.3) is 0 Å². The van der Waals surface area contributed by atoms with Gasteiger partial charge >= 0.3 is 5.97 Å². The summed E-state index contributed by atoms with van der Waals surface area (Å²) in [5.74, 6) is -0.513. The van der Waals surface area contributed by atoms with Gasteiger partial charge in [0.15, 0.2) is 0 Å². The van der Waals surface area contributed by atoms with Crippen LogP contribution in [0.25, 0.3) is 0 Å². The number of halogens is 1. The van der Waals surface area contributed by atoms with Gasteiger partial charge in [-0.05, 0) is 6.07 Å². The average Bonchev–Trinajstić information content (AvgIpc) is 2.46. The molecule has 0 aliphatic rings. The first kappa shape index (κ1) is 10.0. The second-order valence-corrected chi connectivity index (χ2v) is 3.73. The predicted octanol–water partition coefficient (Wildman–Crippen LogP) is 1.76. The minimum Gasteiger partial charge on any atom is -0.465 e. The van der Waals surface area contributed by atoms with E-state index in [1.165, 1.54) is 13.2 Å². The molecule has 13 heavy (non-hydrogen) atoms. The Bertz CT molecular complexity index is 336. The zero-order valence-corrected chi connectivity index (χ0v) is 8.24. The van der Waals surface area contributed by atoms with Crippen molar-refractivity contribution in [3.8, 4) is 0 Å². The molecule has 0 atom stereocenters. The molecule has 6 heteroatoms. The van der Waals surface area contributed by atoms with Crippen LogP contribution in [0.4, 0.5) is 5.69 Å². The van der Waals surface area contributed by atoms with Crippen LogP contribution >= 0.6 is 22.9 Å². The highest BCUT2D eigenvalue weighted by atomic mass is 35.5. The maximum Gasteiger partial charge on any atom is 0.350 e. The Balaban J connectivity index is 3.03. The van der Waals surface area contributed by atoms with Crippen LogP contribution in [-0.2, 0) is 9.53 Å². The molecule has 0 aromatic carbocycles. The van der Waals surface area contributed by atoms with Gasteiger partial charge in [-0.1, -0.05) is 11.6 Å². The molecule has 1 N–H and O–H groups in total. The Morgan fingerprint density at radius 2 is 2.46 bits per heavy atom. The number of thiophene rings is 1. The van der Waals surface area contributed by atoms with Crippen LogP contribution in [0.5, 0.6) is 0 Å². The monoisotopic (exact) mass is 219 g/mol. The van der Waals surface area contributed by atoms with Gasteiger partial charge in [-0.3, -0.25) is 4.79 Å². The third kappa shape index (κ3) is 2.19. The van der Waals surface area contributed by atoms with E-state index in [0.717, 1.165) is 11.3 Å². The summed E-state index contributed by atoms with van der Waals surface area (Å²) in [5, 5.41) is 2.36. The highest BCUT2D eigenvalue weighted by Gasteiger charge is 2.15. The van der Waals surface area contributed by atoms with Crippen molar-refractivity contribution in [2.24, 2.45) is 0 Å². The number of amides is 1. The van der Waals surface area contributed by atoms with E-state index in [2.05, 4.69) is 10.1 Å². The Labute approximate surface area is 83.5 Å². The van der Waals surface area contributed by atoms with E-state index in [9.17, 15) is 9.59 Å². The molecule has 0 radical (unpaired) electrons. The van der Waals surface area contributed by atoms with Crippen LogP contribution in [0.3, 0.4) is 0 Å². The number of esters is 1. The fourth-order valence-corrected chi connectivity index (χ4v) is 1.88. The standard InChI is InChI=1S/C7H6ClNO3S/c1-12-7(11)6-4(9-3-10)2-5(8)13-6/h2-3H,1H3,(H,9,10). The van der Waals surface area contributed by atoms with Crippen molar-refractivity contribution in [1.82, 2.24) is 0 Å². The summed E-state index contributed by atoms with van der Waals surface area (Å²) < 4.78 is 4.91. The second-order valence-electron chi connectivity index (χ2n) is 2.05. The fraction of sp³-hybridized carbons (Fsp3) is 0.143. The van der Waals surface area contributed by atoms with Gasteiger partial charge in [0.2, 0.25) is 6.41 Å².